The number of hydrogen-bond acceptors (Lipinski definition) is 5. The summed E-state index contributed by atoms with van der Waals surface area (Å²) in [6.07, 6.45) is 0.750. The van der Waals surface area contributed by atoms with E-state index in [4.69, 9.17) is 14.2 Å². The summed E-state index contributed by atoms with van der Waals surface area (Å²) < 4.78 is 29.1. The second-order valence-corrected chi connectivity index (χ2v) is 6.79. The van der Waals surface area contributed by atoms with Gasteiger partial charge in [-0.3, -0.25) is 9.69 Å². The summed E-state index contributed by atoms with van der Waals surface area (Å²) >= 11 is 0. The van der Waals surface area contributed by atoms with Gasteiger partial charge in [0, 0.05) is 12.1 Å². The molecular weight excluding hydrogens is 375 g/mol. The minimum Gasteiger partial charge on any atom is -0.497 e. The summed E-state index contributed by atoms with van der Waals surface area (Å²) in [5.41, 5.74) is 0.857. The van der Waals surface area contributed by atoms with E-state index in [1.807, 2.05) is 37.1 Å². The summed E-state index contributed by atoms with van der Waals surface area (Å²) in [5, 5.41) is 2.99. The SMILES string of the molecule is COc1ccc(OC)c(C(C)NC(=O)CN(C)CCCOc2ccc(F)cc2)c1. The number of rotatable bonds is 11. The van der Waals surface area contributed by atoms with E-state index in [0.717, 1.165) is 12.0 Å². The first-order chi connectivity index (χ1) is 13.9. The molecule has 0 bridgehead atoms. The molecule has 0 aliphatic carbocycles. The van der Waals surface area contributed by atoms with Crippen molar-refractivity contribution in [1.29, 1.82) is 0 Å². The van der Waals surface area contributed by atoms with E-state index in [1.165, 1.54) is 12.1 Å². The van der Waals surface area contributed by atoms with E-state index < -0.39 is 0 Å². The molecule has 1 amide bonds. The Morgan fingerprint density at radius 1 is 1.10 bits per heavy atom. The van der Waals surface area contributed by atoms with Gasteiger partial charge in [-0.1, -0.05) is 0 Å². The van der Waals surface area contributed by atoms with Gasteiger partial charge in [-0.2, -0.15) is 0 Å². The van der Waals surface area contributed by atoms with Crippen molar-refractivity contribution in [2.24, 2.45) is 0 Å². The van der Waals surface area contributed by atoms with Gasteiger partial charge < -0.3 is 19.5 Å². The molecule has 1 unspecified atom stereocenters. The van der Waals surface area contributed by atoms with Crippen LogP contribution in [0.3, 0.4) is 0 Å². The monoisotopic (exact) mass is 404 g/mol. The van der Waals surface area contributed by atoms with Crippen LogP contribution >= 0.6 is 0 Å². The van der Waals surface area contributed by atoms with Gasteiger partial charge in [0.05, 0.1) is 33.4 Å². The number of methoxy groups -OCH3 is 2. The van der Waals surface area contributed by atoms with Gasteiger partial charge in [-0.15, -0.1) is 0 Å². The van der Waals surface area contributed by atoms with E-state index >= 15 is 0 Å². The molecule has 0 saturated carbocycles. The molecule has 2 rings (SSSR count). The lowest BCUT2D eigenvalue weighted by Gasteiger charge is -2.21. The Balaban J connectivity index is 1.75. The number of amides is 1. The van der Waals surface area contributed by atoms with Gasteiger partial charge in [0.15, 0.2) is 0 Å². The molecule has 2 aromatic rings. The molecule has 7 heteroatoms. The number of likely N-dealkylation sites (N-methyl/N-ethyl adjacent to an activating group) is 1. The zero-order valence-corrected chi connectivity index (χ0v) is 17.4. The fourth-order valence-corrected chi connectivity index (χ4v) is 2.92. The third kappa shape index (κ3) is 7.27. The molecule has 2 aromatic carbocycles. The zero-order chi connectivity index (χ0) is 21.2. The van der Waals surface area contributed by atoms with Gasteiger partial charge in [0.2, 0.25) is 5.91 Å². The zero-order valence-electron chi connectivity index (χ0n) is 17.4. The number of ether oxygens (including phenoxy) is 3. The summed E-state index contributed by atoms with van der Waals surface area (Å²) in [7, 11) is 5.08. The van der Waals surface area contributed by atoms with Crippen LogP contribution in [0.15, 0.2) is 42.5 Å². The van der Waals surface area contributed by atoms with Crippen molar-refractivity contribution in [3.8, 4) is 17.2 Å². The Morgan fingerprint density at radius 3 is 2.45 bits per heavy atom. The topological polar surface area (TPSA) is 60.0 Å². The van der Waals surface area contributed by atoms with Crippen molar-refractivity contribution in [3.05, 3.63) is 53.8 Å². The van der Waals surface area contributed by atoms with Crippen LogP contribution in [0.5, 0.6) is 17.2 Å². The summed E-state index contributed by atoms with van der Waals surface area (Å²) in [4.78, 5) is 14.3. The van der Waals surface area contributed by atoms with E-state index in [-0.39, 0.29) is 24.3 Å². The highest BCUT2D eigenvalue weighted by Crippen LogP contribution is 2.29. The predicted molar refractivity (Wildman–Crippen MR) is 110 cm³/mol. The highest BCUT2D eigenvalue weighted by molar-refractivity contribution is 5.78. The lowest BCUT2D eigenvalue weighted by atomic mass is 10.1. The highest BCUT2D eigenvalue weighted by Gasteiger charge is 2.16. The highest BCUT2D eigenvalue weighted by atomic mass is 19.1. The molecule has 0 aliphatic rings. The number of nitrogens with zero attached hydrogens (tertiary/aromatic N) is 1. The Labute approximate surface area is 171 Å². The van der Waals surface area contributed by atoms with E-state index in [1.54, 1.807) is 26.4 Å². The number of halogens is 1. The minimum atomic E-state index is -0.288. The van der Waals surface area contributed by atoms with E-state index in [0.29, 0.717) is 30.4 Å². The van der Waals surface area contributed by atoms with Crippen molar-refractivity contribution >= 4 is 5.91 Å². The number of hydrogen-bond donors (Lipinski definition) is 1. The first-order valence-electron chi connectivity index (χ1n) is 9.51. The van der Waals surface area contributed by atoms with E-state index in [9.17, 15) is 9.18 Å². The summed E-state index contributed by atoms with van der Waals surface area (Å²) in [6, 6.07) is 11.2. The molecule has 0 aliphatic heterocycles. The number of carbonyl (C=O) groups is 1. The Bertz CT molecular complexity index is 783. The third-order valence-electron chi connectivity index (χ3n) is 4.46. The van der Waals surface area contributed by atoms with Gasteiger partial charge >= 0.3 is 0 Å². The maximum atomic E-state index is 12.9. The maximum Gasteiger partial charge on any atom is 0.234 e. The largest absolute Gasteiger partial charge is 0.497 e. The van der Waals surface area contributed by atoms with E-state index in [2.05, 4.69) is 5.32 Å². The maximum absolute atomic E-state index is 12.9. The molecule has 29 heavy (non-hydrogen) atoms. The standard InChI is InChI=1S/C22H29FN2O4/c1-16(20-14-19(27-3)10-11-21(20)28-4)24-22(26)15-25(2)12-5-13-29-18-8-6-17(23)7-9-18/h6-11,14,16H,5,12-13,15H2,1-4H3,(H,24,26). The molecule has 1 atom stereocenters. The molecule has 158 valence electrons. The van der Waals surface area contributed by atoms with Crippen LogP contribution in [0, 0.1) is 5.82 Å². The van der Waals surface area contributed by atoms with Crippen LogP contribution in [0.4, 0.5) is 4.39 Å². The quantitative estimate of drug-likeness (QED) is 0.582. The van der Waals surface area contributed by atoms with Crippen molar-refractivity contribution in [2.75, 3.05) is 41.0 Å². The van der Waals surface area contributed by atoms with Crippen molar-refractivity contribution < 1.29 is 23.4 Å². The van der Waals surface area contributed by atoms with Crippen LogP contribution in [0.25, 0.3) is 0 Å². The molecule has 0 fully saturated rings. The van der Waals surface area contributed by atoms with Crippen molar-refractivity contribution in [2.45, 2.75) is 19.4 Å². The molecule has 0 aromatic heterocycles. The van der Waals surface area contributed by atoms with Crippen LogP contribution in [-0.4, -0.2) is 51.8 Å². The summed E-state index contributed by atoms with van der Waals surface area (Å²) in [6.45, 7) is 3.37. The number of benzene rings is 2. The molecule has 1 N–H and O–H groups in total. The average molecular weight is 404 g/mol. The van der Waals surface area contributed by atoms with Gasteiger partial charge in [0.25, 0.3) is 0 Å². The van der Waals surface area contributed by atoms with Crippen LogP contribution in [0.1, 0.15) is 24.9 Å². The predicted octanol–water partition coefficient (Wildman–Crippen LogP) is 3.42. The number of carbonyl (C=O) groups excluding carboxylic acids is 1. The molecule has 6 nitrogen and oxygen atoms in total. The minimum absolute atomic E-state index is 0.0793. The Kier molecular flexibility index (Phi) is 8.73. The Morgan fingerprint density at radius 2 is 1.79 bits per heavy atom. The van der Waals surface area contributed by atoms with Crippen molar-refractivity contribution in [1.82, 2.24) is 10.2 Å². The molecule has 0 heterocycles. The average Bonchev–Trinajstić information content (AvgIpc) is 2.71. The third-order valence-corrected chi connectivity index (χ3v) is 4.46. The first-order valence-corrected chi connectivity index (χ1v) is 9.51. The van der Waals surface area contributed by atoms with Gasteiger partial charge in [-0.25, -0.2) is 4.39 Å². The molecule has 0 radical (unpaired) electrons. The second-order valence-electron chi connectivity index (χ2n) is 6.79. The normalized spacial score (nSPS) is 11.8. The van der Waals surface area contributed by atoms with Crippen molar-refractivity contribution in [3.63, 3.8) is 0 Å². The van der Waals surface area contributed by atoms with Crippen LogP contribution in [0.2, 0.25) is 0 Å². The first kappa shape index (κ1) is 22.5. The lowest BCUT2D eigenvalue weighted by molar-refractivity contribution is -0.122. The Hall–Kier alpha value is -2.80. The van der Waals surface area contributed by atoms with Crippen LogP contribution < -0.4 is 19.5 Å². The van der Waals surface area contributed by atoms with Gasteiger partial charge in [0.1, 0.15) is 23.1 Å². The smallest absolute Gasteiger partial charge is 0.234 e. The number of nitrogens with one attached hydrogen (secondary N) is 1. The molecular formula is C22H29FN2O4. The van der Waals surface area contributed by atoms with Gasteiger partial charge in [-0.05, 0) is 62.9 Å². The lowest BCUT2D eigenvalue weighted by Crippen LogP contribution is -2.37. The summed E-state index contributed by atoms with van der Waals surface area (Å²) in [5.74, 6) is 1.67. The fraction of sp³-hybridized carbons (Fsp3) is 0.409. The second kappa shape index (κ2) is 11.3. The fourth-order valence-electron chi connectivity index (χ4n) is 2.92. The molecule has 0 spiro atoms. The molecule has 0 saturated heterocycles. The van der Waals surface area contributed by atoms with Crippen LogP contribution in [-0.2, 0) is 4.79 Å².